The first-order chi connectivity index (χ1) is 19.4. The van der Waals surface area contributed by atoms with Crippen molar-refractivity contribution in [3.05, 3.63) is 73.3 Å². The van der Waals surface area contributed by atoms with Crippen LogP contribution in [0.1, 0.15) is 18.7 Å². The summed E-state index contributed by atoms with van der Waals surface area (Å²) < 4.78 is 6.85. The Morgan fingerprint density at radius 1 is 0.850 bits per heavy atom. The summed E-state index contributed by atoms with van der Waals surface area (Å²) in [4.78, 5) is 7.91. The molecular formula is C30H46N10+2. The van der Waals surface area contributed by atoms with Crippen molar-refractivity contribution in [2.24, 2.45) is 0 Å². The Balaban J connectivity index is 1.18. The molecule has 0 spiro atoms. The molecule has 0 bridgehead atoms. The van der Waals surface area contributed by atoms with Gasteiger partial charge in [0.1, 0.15) is 37.9 Å². The number of aromatic amines is 1. The monoisotopic (exact) mass is 546 g/mol. The van der Waals surface area contributed by atoms with Gasteiger partial charge >= 0.3 is 0 Å². The van der Waals surface area contributed by atoms with E-state index in [1.54, 1.807) is 0 Å². The van der Waals surface area contributed by atoms with E-state index in [1.165, 1.54) is 5.82 Å². The van der Waals surface area contributed by atoms with Gasteiger partial charge < -0.3 is 31.9 Å². The number of nitrogen functional groups attached to an aromatic ring is 2. The first-order valence-corrected chi connectivity index (χ1v) is 14.0. The Morgan fingerprint density at radius 3 is 2.12 bits per heavy atom. The quantitative estimate of drug-likeness (QED) is 0.0891. The molecule has 0 saturated carbocycles. The number of hydrogen-bond acceptors (Lipinski definition) is 6. The van der Waals surface area contributed by atoms with Crippen LogP contribution in [0, 0.1) is 0 Å². The Bertz CT molecular complexity index is 1360. The van der Waals surface area contributed by atoms with Crippen LogP contribution in [0.25, 0.3) is 0 Å². The van der Waals surface area contributed by atoms with Crippen LogP contribution in [0.2, 0.25) is 0 Å². The number of nitrogens with zero attached hydrogens (tertiary/aromatic N) is 5. The Labute approximate surface area is 238 Å². The fourth-order valence-corrected chi connectivity index (χ4v) is 4.92. The van der Waals surface area contributed by atoms with Crippen molar-refractivity contribution in [2.45, 2.75) is 38.9 Å². The zero-order valence-corrected chi connectivity index (χ0v) is 24.4. The van der Waals surface area contributed by atoms with Gasteiger partial charge in [-0.2, -0.15) is 0 Å². The van der Waals surface area contributed by atoms with Crippen LogP contribution >= 0.6 is 0 Å². The number of benzene rings is 2. The van der Waals surface area contributed by atoms with Gasteiger partial charge in [0.25, 0.3) is 5.82 Å². The van der Waals surface area contributed by atoms with Crippen molar-refractivity contribution in [3.63, 3.8) is 0 Å². The van der Waals surface area contributed by atoms with E-state index in [1.807, 2.05) is 44.6 Å². The molecule has 7 N–H and O–H groups in total. The van der Waals surface area contributed by atoms with Gasteiger partial charge in [0.05, 0.1) is 42.4 Å². The summed E-state index contributed by atoms with van der Waals surface area (Å²) in [6.07, 6.45) is 14.0. The second-order valence-electron chi connectivity index (χ2n) is 10.3. The molecule has 0 unspecified atom stereocenters. The molecule has 2 aromatic heterocycles. The van der Waals surface area contributed by atoms with Crippen molar-refractivity contribution in [2.75, 3.05) is 73.2 Å². The number of likely N-dealkylation sites (N-methyl/N-ethyl adjacent to an activating group) is 2. The molecule has 0 atom stereocenters. The lowest BCUT2D eigenvalue weighted by molar-refractivity contribution is -0.701. The van der Waals surface area contributed by atoms with Crippen molar-refractivity contribution in [3.8, 4) is 0 Å². The largest absolute Gasteiger partial charge is 0.397 e. The molecule has 4 aromatic rings. The highest BCUT2D eigenvalue weighted by molar-refractivity contribution is 5.72. The molecule has 0 aliphatic heterocycles. The Hall–Kier alpha value is -4.34. The summed E-state index contributed by atoms with van der Waals surface area (Å²) in [5.74, 6) is 1.27. The first kappa shape index (κ1) is 28.7. The highest BCUT2D eigenvalue weighted by atomic mass is 15.2. The smallest absolute Gasteiger partial charge is 0.254 e. The van der Waals surface area contributed by atoms with E-state index in [2.05, 4.69) is 90.3 Å². The summed E-state index contributed by atoms with van der Waals surface area (Å²) in [5.41, 5.74) is 18.0. The van der Waals surface area contributed by atoms with Gasteiger partial charge in [-0.05, 0) is 49.2 Å². The lowest BCUT2D eigenvalue weighted by Crippen LogP contribution is -2.41. The molecule has 2 aromatic carbocycles. The standard InChI is InChI=1S/C30H45N10/c1-33-28-10-8-24(21-26(28)31)36(3)15-17-39-19-18-38(23-39)13-6-5-7-30-35-12-14-40(30)20-16-37(4)25-9-11-29(34-2)27(32)22-25/h8-12,14,18-19,21-23,33-34H,5-7,13,15-17,20,31-32H2,1-4H3/q+1/p+1. The minimum Gasteiger partial charge on any atom is -0.397 e. The van der Waals surface area contributed by atoms with Gasteiger partial charge in [-0.3, -0.25) is 0 Å². The van der Waals surface area contributed by atoms with Gasteiger partial charge in [-0.1, -0.05) is 0 Å². The molecular weight excluding hydrogens is 500 g/mol. The fourth-order valence-electron chi connectivity index (χ4n) is 4.92. The normalized spacial score (nSPS) is 11.0. The van der Waals surface area contributed by atoms with Crippen LogP contribution in [0.3, 0.4) is 0 Å². The third-order valence-electron chi connectivity index (χ3n) is 7.54. The van der Waals surface area contributed by atoms with Crippen LogP contribution in [0.5, 0.6) is 0 Å². The predicted octanol–water partition coefficient (Wildman–Crippen LogP) is 2.93. The van der Waals surface area contributed by atoms with Gasteiger partial charge in [0.15, 0.2) is 0 Å². The molecule has 0 fully saturated rings. The number of nitrogens with two attached hydrogens (primary N) is 2. The van der Waals surface area contributed by atoms with E-state index in [0.29, 0.717) is 0 Å². The number of aromatic nitrogens is 4. The van der Waals surface area contributed by atoms with Crippen LogP contribution in [-0.2, 0) is 26.1 Å². The van der Waals surface area contributed by atoms with Crippen LogP contribution < -0.4 is 41.0 Å². The maximum atomic E-state index is 6.15. The van der Waals surface area contributed by atoms with E-state index in [4.69, 9.17) is 11.5 Å². The van der Waals surface area contributed by atoms with Crippen molar-refractivity contribution < 1.29 is 9.13 Å². The summed E-state index contributed by atoms with van der Waals surface area (Å²) in [6, 6.07) is 12.3. The lowest BCUT2D eigenvalue weighted by Gasteiger charge is -2.20. The molecule has 2 heterocycles. The second kappa shape index (κ2) is 13.6. The van der Waals surface area contributed by atoms with Crippen molar-refractivity contribution in [1.82, 2.24) is 9.55 Å². The third-order valence-corrected chi connectivity index (χ3v) is 7.54. The topological polar surface area (TPSA) is 111 Å². The molecule has 10 nitrogen and oxygen atoms in total. The lowest BCUT2D eigenvalue weighted by atomic mass is 10.2. The maximum Gasteiger partial charge on any atom is 0.254 e. The minimum atomic E-state index is 0.767. The van der Waals surface area contributed by atoms with Gasteiger partial charge in [-0.25, -0.2) is 18.7 Å². The van der Waals surface area contributed by atoms with E-state index < -0.39 is 0 Å². The van der Waals surface area contributed by atoms with Crippen molar-refractivity contribution in [1.29, 1.82) is 0 Å². The molecule has 0 radical (unpaired) electrons. The number of nitrogens with one attached hydrogen (secondary N) is 3. The van der Waals surface area contributed by atoms with Gasteiger partial charge in [-0.15, -0.1) is 0 Å². The van der Waals surface area contributed by atoms with E-state index in [-0.39, 0.29) is 0 Å². The number of unbranched alkanes of at least 4 members (excludes halogenated alkanes) is 1. The first-order valence-electron chi connectivity index (χ1n) is 14.0. The third kappa shape index (κ3) is 7.40. The van der Waals surface area contributed by atoms with Crippen LogP contribution in [0.4, 0.5) is 34.1 Å². The fraction of sp³-hybridized carbons (Fsp3) is 0.400. The molecule has 0 amide bonds. The molecule has 0 saturated heterocycles. The number of H-pyrrole nitrogens is 1. The summed E-state index contributed by atoms with van der Waals surface area (Å²) >= 11 is 0. The molecule has 4 rings (SSSR count). The molecule has 0 aliphatic rings. The van der Waals surface area contributed by atoms with Gasteiger partial charge in [0.2, 0.25) is 6.33 Å². The highest BCUT2D eigenvalue weighted by Crippen LogP contribution is 2.25. The predicted molar refractivity (Wildman–Crippen MR) is 166 cm³/mol. The minimum absolute atomic E-state index is 0.767. The van der Waals surface area contributed by atoms with Gasteiger partial charge in [0, 0.05) is 46.0 Å². The number of rotatable bonds is 15. The average Bonchev–Trinajstić information content (AvgIpc) is 3.61. The highest BCUT2D eigenvalue weighted by Gasteiger charge is 2.13. The Kier molecular flexibility index (Phi) is 9.77. The molecule has 40 heavy (non-hydrogen) atoms. The summed E-state index contributed by atoms with van der Waals surface area (Å²) in [5, 5.41) is 6.23. The molecule has 0 aliphatic carbocycles. The number of hydrogen-bond donors (Lipinski definition) is 5. The van der Waals surface area contributed by atoms with E-state index in [9.17, 15) is 0 Å². The molecule has 10 heteroatoms. The Morgan fingerprint density at radius 2 is 1.50 bits per heavy atom. The van der Waals surface area contributed by atoms with Crippen molar-refractivity contribution >= 4 is 34.1 Å². The van der Waals surface area contributed by atoms with Crippen LogP contribution in [0.15, 0.2) is 67.5 Å². The number of imidazole rings is 2. The summed E-state index contributed by atoms with van der Waals surface area (Å²) in [7, 11) is 7.99. The van der Waals surface area contributed by atoms with E-state index in [0.717, 1.165) is 86.1 Å². The second-order valence-corrected chi connectivity index (χ2v) is 10.3. The zero-order valence-electron chi connectivity index (χ0n) is 24.4. The van der Waals surface area contributed by atoms with Crippen LogP contribution in [-0.4, -0.2) is 50.8 Å². The number of aryl methyl sites for hydroxylation is 2. The molecule has 214 valence electrons. The van der Waals surface area contributed by atoms with E-state index >= 15 is 0 Å². The zero-order chi connectivity index (χ0) is 28.5. The summed E-state index contributed by atoms with van der Waals surface area (Å²) in [6.45, 7) is 4.66. The average molecular weight is 547 g/mol. The maximum absolute atomic E-state index is 6.15. The SMILES string of the molecule is CNc1ccc(N(C)CCn2cc[n+](CCCCc3[nH]cc[n+]3CCN(C)c3ccc(NC)c(N)c3)c2)cc1N. The number of anilines is 6.